The average Bonchev–Trinajstić information content (AvgIpc) is 2.56. The molecule has 2 heterocycles. The third-order valence-corrected chi connectivity index (χ3v) is 4.26. The van der Waals surface area contributed by atoms with Crippen molar-refractivity contribution >= 4 is 17.6 Å². The van der Waals surface area contributed by atoms with Crippen LogP contribution in [0.5, 0.6) is 0 Å². The Bertz CT molecular complexity index is 778. The van der Waals surface area contributed by atoms with Gasteiger partial charge < -0.3 is 9.30 Å². The number of rotatable bonds is 2. The molecule has 0 aliphatic carbocycles. The summed E-state index contributed by atoms with van der Waals surface area (Å²) in [6.45, 7) is 0.638. The number of halogens is 1. The quantitative estimate of drug-likeness (QED) is 0.799. The van der Waals surface area contributed by atoms with Crippen molar-refractivity contribution in [1.82, 2.24) is 4.57 Å². The van der Waals surface area contributed by atoms with E-state index in [1.54, 1.807) is 34.9 Å². The highest BCUT2D eigenvalue weighted by molar-refractivity contribution is 6.30. The second kappa shape index (κ2) is 5.97. The average molecular weight is 318 g/mol. The fourth-order valence-electron chi connectivity index (χ4n) is 2.89. The number of esters is 1. The van der Waals surface area contributed by atoms with Crippen molar-refractivity contribution < 1.29 is 9.53 Å². The molecule has 2 aromatic rings. The highest BCUT2D eigenvalue weighted by Crippen LogP contribution is 2.24. The van der Waals surface area contributed by atoms with Gasteiger partial charge in [0.2, 0.25) is 0 Å². The molecule has 22 heavy (non-hydrogen) atoms. The molecule has 0 fully saturated rings. The van der Waals surface area contributed by atoms with Crippen molar-refractivity contribution in [3.05, 3.63) is 57.0 Å². The van der Waals surface area contributed by atoms with Crippen LogP contribution in [0.3, 0.4) is 0 Å². The molecule has 5 heteroatoms. The number of fused-ring (bicyclic) bond motifs is 1. The number of pyridine rings is 1. The Morgan fingerprint density at radius 3 is 2.64 bits per heavy atom. The molecule has 0 spiro atoms. The molecular formula is C17H16ClNO3. The van der Waals surface area contributed by atoms with Gasteiger partial charge in [0.05, 0.1) is 12.7 Å². The summed E-state index contributed by atoms with van der Waals surface area (Å²) >= 11 is 5.90. The second-order valence-electron chi connectivity index (χ2n) is 5.33. The Morgan fingerprint density at radius 2 is 1.95 bits per heavy atom. The molecule has 1 aliphatic rings. The minimum atomic E-state index is -0.402. The summed E-state index contributed by atoms with van der Waals surface area (Å²) in [7, 11) is 1.36. The molecule has 0 saturated heterocycles. The zero-order valence-corrected chi connectivity index (χ0v) is 13.0. The largest absolute Gasteiger partial charge is 0.465 e. The minimum absolute atomic E-state index is 0.0651. The van der Waals surface area contributed by atoms with Gasteiger partial charge in [0, 0.05) is 22.8 Å². The van der Waals surface area contributed by atoms with E-state index in [1.165, 1.54) is 7.11 Å². The van der Waals surface area contributed by atoms with Crippen molar-refractivity contribution in [3.63, 3.8) is 0 Å². The molecule has 0 unspecified atom stereocenters. The van der Waals surface area contributed by atoms with Gasteiger partial charge >= 0.3 is 5.97 Å². The van der Waals surface area contributed by atoms with Crippen LogP contribution in [0.1, 0.15) is 28.9 Å². The third kappa shape index (κ3) is 2.55. The van der Waals surface area contributed by atoms with Crippen LogP contribution >= 0.6 is 11.6 Å². The molecule has 1 aliphatic heterocycles. The summed E-state index contributed by atoms with van der Waals surface area (Å²) in [5.74, 6) is -0.402. The zero-order chi connectivity index (χ0) is 15.7. The Morgan fingerprint density at radius 1 is 1.23 bits per heavy atom. The lowest BCUT2D eigenvalue weighted by Gasteiger charge is -2.22. The van der Waals surface area contributed by atoms with Crippen molar-refractivity contribution in [3.8, 4) is 11.1 Å². The van der Waals surface area contributed by atoms with Crippen molar-refractivity contribution in [2.75, 3.05) is 7.11 Å². The fraction of sp³-hybridized carbons (Fsp3) is 0.294. The number of nitrogens with zero attached hydrogens (tertiary/aromatic N) is 1. The molecule has 0 bridgehead atoms. The van der Waals surface area contributed by atoms with Crippen LogP contribution in [0.4, 0.5) is 0 Å². The Balaban J connectivity index is 2.25. The van der Waals surface area contributed by atoms with Gasteiger partial charge in [-0.25, -0.2) is 4.79 Å². The fourth-order valence-corrected chi connectivity index (χ4v) is 3.02. The summed E-state index contributed by atoms with van der Waals surface area (Å²) in [4.78, 5) is 24.8. The number of aromatic nitrogens is 1. The molecule has 3 rings (SSSR count). The third-order valence-electron chi connectivity index (χ3n) is 4.01. The van der Waals surface area contributed by atoms with Gasteiger partial charge in [-0.1, -0.05) is 23.7 Å². The molecule has 0 atom stereocenters. The molecule has 1 aromatic heterocycles. The molecule has 0 saturated carbocycles. The molecule has 1 aromatic carbocycles. The Hall–Kier alpha value is -2.07. The Kier molecular flexibility index (Phi) is 4.03. The highest BCUT2D eigenvalue weighted by atomic mass is 35.5. The summed E-state index contributed by atoms with van der Waals surface area (Å²) < 4.78 is 6.58. The summed E-state index contributed by atoms with van der Waals surface area (Å²) in [5.41, 5.74) is 2.44. The maximum atomic E-state index is 12.7. The van der Waals surface area contributed by atoms with Crippen LogP contribution in [-0.4, -0.2) is 17.6 Å². The predicted octanol–water partition coefficient (Wildman–Crippen LogP) is 3.29. The van der Waals surface area contributed by atoms with E-state index in [4.69, 9.17) is 16.3 Å². The maximum Gasteiger partial charge on any atom is 0.339 e. The normalized spacial score (nSPS) is 13.5. The smallest absolute Gasteiger partial charge is 0.339 e. The van der Waals surface area contributed by atoms with E-state index >= 15 is 0 Å². The first-order valence-corrected chi connectivity index (χ1v) is 7.60. The molecule has 0 N–H and O–H groups in total. The van der Waals surface area contributed by atoms with Crippen LogP contribution in [-0.2, 0) is 17.7 Å². The zero-order valence-electron chi connectivity index (χ0n) is 12.3. The number of benzene rings is 1. The first-order valence-electron chi connectivity index (χ1n) is 7.23. The van der Waals surface area contributed by atoms with E-state index in [9.17, 15) is 9.59 Å². The van der Waals surface area contributed by atoms with Gasteiger partial charge in [0.15, 0.2) is 0 Å². The van der Waals surface area contributed by atoms with E-state index in [1.807, 2.05) is 0 Å². The van der Waals surface area contributed by atoms with Crippen LogP contribution in [0.15, 0.2) is 35.1 Å². The monoisotopic (exact) mass is 317 g/mol. The number of methoxy groups -OCH3 is 1. The van der Waals surface area contributed by atoms with Gasteiger partial charge in [-0.3, -0.25) is 4.79 Å². The number of hydrogen-bond acceptors (Lipinski definition) is 3. The topological polar surface area (TPSA) is 48.3 Å². The van der Waals surface area contributed by atoms with Gasteiger partial charge in [0.1, 0.15) is 0 Å². The minimum Gasteiger partial charge on any atom is -0.465 e. The van der Waals surface area contributed by atoms with Gasteiger partial charge in [-0.15, -0.1) is 0 Å². The molecule has 0 amide bonds. The van der Waals surface area contributed by atoms with Crippen molar-refractivity contribution in [2.45, 2.75) is 25.8 Å². The van der Waals surface area contributed by atoms with Crippen LogP contribution in [0, 0.1) is 0 Å². The second-order valence-corrected chi connectivity index (χ2v) is 5.77. The molecule has 0 radical (unpaired) electrons. The lowest BCUT2D eigenvalue weighted by atomic mass is 9.98. The number of ether oxygens (including phenoxy) is 1. The van der Waals surface area contributed by atoms with Crippen molar-refractivity contribution in [2.24, 2.45) is 0 Å². The number of carbonyl (C=O) groups is 1. The molecule has 4 nitrogen and oxygen atoms in total. The van der Waals surface area contributed by atoms with E-state index in [-0.39, 0.29) is 5.56 Å². The first kappa shape index (κ1) is 14.9. The molecule has 114 valence electrons. The SMILES string of the molecule is COC(=O)c1cc(-c2ccc(Cl)cc2)c(=O)n2c1CCCC2. The number of carbonyl (C=O) groups excluding carboxylic acids is 1. The maximum absolute atomic E-state index is 12.7. The lowest BCUT2D eigenvalue weighted by molar-refractivity contribution is 0.0597. The predicted molar refractivity (Wildman–Crippen MR) is 85.4 cm³/mol. The van der Waals surface area contributed by atoms with Crippen molar-refractivity contribution in [1.29, 1.82) is 0 Å². The van der Waals surface area contributed by atoms with E-state index in [0.29, 0.717) is 22.7 Å². The summed E-state index contributed by atoms with van der Waals surface area (Å²) in [6, 6.07) is 8.69. The van der Waals surface area contributed by atoms with Gasteiger partial charge in [-0.2, -0.15) is 0 Å². The van der Waals surface area contributed by atoms with Crippen LogP contribution in [0.2, 0.25) is 5.02 Å². The van der Waals surface area contributed by atoms with Gasteiger partial charge in [0.25, 0.3) is 5.56 Å². The van der Waals surface area contributed by atoms with Crippen LogP contribution < -0.4 is 5.56 Å². The summed E-state index contributed by atoms with van der Waals surface area (Å²) in [5, 5.41) is 0.606. The van der Waals surface area contributed by atoms with Crippen LogP contribution in [0.25, 0.3) is 11.1 Å². The first-order chi connectivity index (χ1) is 10.6. The lowest BCUT2D eigenvalue weighted by Crippen LogP contribution is -2.30. The van der Waals surface area contributed by atoms with Gasteiger partial charge in [-0.05, 0) is 43.0 Å². The highest BCUT2D eigenvalue weighted by Gasteiger charge is 2.22. The van der Waals surface area contributed by atoms with E-state index < -0.39 is 5.97 Å². The van der Waals surface area contributed by atoms with E-state index in [2.05, 4.69) is 0 Å². The van der Waals surface area contributed by atoms with E-state index in [0.717, 1.165) is 30.5 Å². The molecular weight excluding hydrogens is 302 g/mol. The Labute approximate surface area is 133 Å². The summed E-state index contributed by atoms with van der Waals surface area (Å²) in [6.07, 6.45) is 2.64. The standard InChI is InChI=1S/C17H16ClNO3/c1-22-17(21)14-10-13(11-5-7-12(18)8-6-11)16(20)19-9-3-2-4-15(14)19/h5-8,10H,2-4,9H2,1H3. The number of hydrogen-bond donors (Lipinski definition) is 0.